The van der Waals surface area contributed by atoms with Crippen molar-refractivity contribution in [2.45, 2.75) is 19.8 Å². The largest absolute Gasteiger partial charge is 0.396 e. The minimum Gasteiger partial charge on any atom is -0.396 e. The molecule has 1 fully saturated rings. The third kappa shape index (κ3) is 4.90. The Kier molecular flexibility index (Phi) is 6.81. The number of rotatable bonds is 8. The van der Waals surface area contributed by atoms with Gasteiger partial charge in [-0.3, -0.25) is 0 Å². The van der Waals surface area contributed by atoms with Crippen LogP contribution in [0.15, 0.2) is 18.2 Å². The van der Waals surface area contributed by atoms with E-state index in [2.05, 4.69) is 48.9 Å². The first-order valence-electron chi connectivity index (χ1n) is 8.55. The lowest BCUT2D eigenvalue weighted by Gasteiger charge is -2.23. The number of hydrogen-bond acceptors (Lipinski definition) is 5. The average Bonchev–Trinajstić information content (AvgIpc) is 2.96. The van der Waals surface area contributed by atoms with Gasteiger partial charge in [0.25, 0.3) is 0 Å². The summed E-state index contributed by atoms with van der Waals surface area (Å²) in [5, 5.41) is 9.74. The summed E-state index contributed by atoms with van der Waals surface area (Å²) in [5.41, 5.74) is 1.13. The summed E-state index contributed by atoms with van der Waals surface area (Å²) in [6, 6.07) is 6.25. The standard InChI is InChI=1S/C18H31N3O2/c1-14(2)17-6-5-7-18(19-17)21-11-15(16(12-21)13-22)10-20(3)8-9-23-4/h5-7,14-16,22H,8-13H2,1-4H3/t15-,16-/m1/s1. The monoisotopic (exact) mass is 321 g/mol. The first-order valence-corrected chi connectivity index (χ1v) is 8.55. The zero-order valence-electron chi connectivity index (χ0n) is 14.9. The highest BCUT2D eigenvalue weighted by molar-refractivity contribution is 5.41. The minimum atomic E-state index is 0.239. The van der Waals surface area contributed by atoms with Crippen molar-refractivity contribution in [1.82, 2.24) is 9.88 Å². The molecule has 1 aliphatic heterocycles. The maximum absolute atomic E-state index is 9.74. The number of hydrogen-bond donors (Lipinski definition) is 1. The second kappa shape index (κ2) is 8.62. The van der Waals surface area contributed by atoms with E-state index in [0.29, 0.717) is 17.8 Å². The summed E-state index contributed by atoms with van der Waals surface area (Å²) in [5.74, 6) is 2.25. The van der Waals surface area contributed by atoms with E-state index < -0.39 is 0 Å². The average molecular weight is 321 g/mol. The maximum atomic E-state index is 9.74. The van der Waals surface area contributed by atoms with Gasteiger partial charge < -0.3 is 19.6 Å². The molecule has 5 nitrogen and oxygen atoms in total. The Bertz CT molecular complexity index is 481. The molecule has 2 rings (SSSR count). The van der Waals surface area contributed by atoms with Gasteiger partial charge in [0.15, 0.2) is 0 Å². The van der Waals surface area contributed by atoms with E-state index in [0.717, 1.165) is 44.3 Å². The van der Waals surface area contributed by atoms with Crippen LogP contribution < -0.4 is 4.90 Å². The van der Waals surface area contributed by atoms with Crippen LogP contribution in [0.2, 0.25) is 0 Å². The summed E-state index contributed by atoms with van der Waals surface area (Å²) in [4.78, 5) is 9.41. The van der Waals surface area contributed by atoms with Gasteiger partial charge in [0.1, 0.15) is 5.82 Å². The molecular weight excluding hydrogens is 290 g/mol. The molecule has 0 amide bonds. The van der Waals surface area contributed by atoms with Crippen molar-refractivity contribution in [2.75, 3.05) is 58.5 Å². The Labute approximate surface area is 140 Å². The number of likely N-dealkylation sites (N-methyl/N-ethyl adjacent to an activating group) is 1. The first-order chi connectivity index (χ1) is 11.0. The van der Waals surface area contributed by atoms with Gasteiger partial charge in [0.05, 0.1) is 6.61 Å². The number of aliphatic hydroxyl groups is 1. The van der Waals surface area contributed by atoms with E-state index in [4.69, 9.17) is 9.72 Å². The van der Waals surface area contributed by atoms with E-state index in [1.807, 2.05) is 0 Å². The molecule has 0 bridgehead atoms. The second-order valence-corrected chi connectivity index (χ2v) is 6.94. The number of ether oxygens (including phenoxy) is 1. The van der Waals surface area contributed by atoms with Crippen molar-refractivity contribution in [3.63, 3.8) is 0 Å². The van der Waals surface area contributed by atoms with Gasteiger partial charge in [-0.15, -0.1) is 0 Å². The van der Waals surface area contributed by atoms with Gasteiger partial charge in [-0.1, -0.05) is 19.9 Å². The number of methoxy groups -OCH3 is 1. The van der Waals surface area contributed by atoms with E-state index in [1.54, 1.807) is 7.11 Å². The fraction of sp³-hybridized carbons (Fsp3) is 0.722. The Morgan fingerprint density at radius 2 is 2.09 bits per heavy atom. The van der Waals surface area contributed by atoms with E-state index in [-0.39, 0.29) is 6.61 Å². The molecular formula is C18H31N3O2. The van der Waals surface area contributed by atoms with Crippen LogP contribution in [0.1, 0.15) is 25.5 Å². The van der Waals surface area contributed by atoms with Gasteiger partial charge >= 0.3 is 0 Å². The smallest absolute Gasteiger partial charge is 0.128 e. The number of anilines is 1. The summed E-state index contributed by atoms with van der Waals surface area (Å²) < 4.78 is 5.14. The second-order valence-electron chi connectivity index (χ2n) is 6.94. The van der Waals surface area contributed by atoms with Crippen molar-refractivity contribution >= 4 is 5.82 Å². The topological polar surface area (TPSA) is 48.8 Å². The number of aliphatic hydroxyl groups excluding tert-OH is 1. The molecule has 1 N–H and O–H groups in total. The van der Waals surface area contributed by atoms with E-state index in [1.165, 1.54) is 0 Å². The van der Waals surface area contributed by atoms with Crippen LogP contribution >= 0.6 is 0 Å². The fourth-order valence-electron chi connectivity index (χ4n) is 3.22. The van der Waals surface area contributed by atoms with Crippen LogP contribution in [0, 0.1) is 11.8 Å². The highest BCUT2D eigenvalue weighted by Crippen LogP contribution is 2.28. The quantitative estimate of drug-likeness (QED) is 0.791. The molecule has 1 saturated heterocycles. The van der Waals surface area contributed by atoms with Crippen molar-refractivity contribution in [1.29, 1.82) is 0 Å². The molecule has 0 aliphatic carbocycles. The lowest BCUT2D eigenvalue weighted by atomic mass is 9.96. The third-order valence-corrected chi connectivity index (χ3v) is 4.71. The Balaban J connectivity index is 2.01. The molecule has 0 radical (unpaired) electrons. The molecule has 2 atom stereocenters. The minimum absolute atomic E-state index is 0.239. The molecule has 0 unspecified atom stereocenters. The highest BCUT2D eigenvalue weighted by Gasteiger charge is 2.33. The van der Waals surface area contributed by atoms with Crippen LogP contribution in [0.25, 0.3) is 0 Å². The van der Waals surface area contributed by atoms with Crippen molar-refractivity contribution < 1.29 is 9.84 Å². The maximum Gasteiger partial charge on any atom is 0.128 e. The highest BCUT2D eigenvalue weighted by atomic mass is 16.5. The van der Waals surface area contributed by atoms with Crippen LogP contribution in [0.5, 0.6) is 0 Å². The van der Waals surface area contributed by atoms with Gasteiger partial charge in [-0.25, -0.2) is 4.98 Å². The molecule has 1 aromatic rings. The summed E-state index contributed by atoms with van der Waals surface area (Å²) in [6.45, 7) is 9.06. The Morgan fingerprint density at radius 1 is 1.35 bits per heavy atom. The van der Waals surface area contributed by atoms with Crippen LogP contribution in [-0.2, 0) is 4.74 Å². The molecule has 0 aromatic carbocycles. The molecule has 0 spiro atoms. The number of nitrogens with zero attached hydrogens (tertiary/aromatic N) is 3. The normalized spacial score (nSPS) is 21.6. The lowest BCUT2D eigenvalue weighted by molar-refractivity contribution is 0.136. The predicted molar refractivity (Wildman–Crippen MR) is 94.0 cm³/mol. The van der Waals surface area contributed by atoms with Crippen molar-refractivity contribution in [2.24, 2.45) is 11.8 Å². The molecule has 0 saturated carbocycles. The van der Waals surface area contributed by atoms with Crippen LogP contribution in [0.3, 0.4) is 0 Å². The summed E-state index contributed by atoms with van der Waals surface area (Å²) in [6.07, 6.45) is 0. The zero-order chi connectivity index (χ0) is 16.8. The van der Waals surface area contributed by atoms with Crippen LogP contribution in [-0.4, -0.2) is 68.5 Å². The Hall–Kier alpha value is -1.17. The van der Waals surface area contributed by atoms with Gasteiger partial charge in [0.2, 0.25) is 0 Å². The summed E-state index contributed by atoms with van der Waals surface area (Å²) in [7, 11) is 3.85. The molecule has 2 heterocycles. The van der Waals surface area contributed by atoms with E-state index >= 15 is 0 Å². The molecule has 1 aromatic heterocycles. The Morgan fingerprint density at radius 3 is 2.74 bits per heavy atom. The predicted octanol–water partition coefficient (Wildman–Crippen LogP) is 1.83. The first kappa shape index (κ1) is 18.2. The molecule has 5 heteroatoms. The molecule has 130 valence electrons. The van der Waals surface area contributed by atoms with Gasteiger partial charge in [-0.05, 0) is 31.0 Å². The van der Waals surface area contributed by atoms with Crippen molar-refractivity contribution in [3.8, 4) is 0 Å². The van der Waals surface area contributed by atoms with Gasteiger partial charge in [0, 0.05) is 51.5 Å². The molecule has 23 heavy (non-hydrogen) atoms. The number of aromatic nitrogens is 1. The zero-order valence-corrected chi connectivity index (χ0v) is 14.9. The third-order valence-electron chi connectivity index (χ3n) is 4.71. The van der Waals surface area contributed by atoms with Gasteiger partial charge in [-0.2, -0.15) is 0 Å². The van der Waals surface area contributed by atoms with Crippen molar-refractivity contribution in [3.05, 3.63) is 23.9 Å². The lowest BCUT2D eigenvalue weighted by Crippen LogP contribution is -2.33. The van der Waals surface area contributed by atoms with E-state index in [9.17, 15) is 5.11 Å². The SMILES string of the molecule is COCCN(C)C[C@@H]1CN(c2cccc(C(C)C)n2)C[C@@H]1CO. The molecule has 1 aliphatic rings. The van der Waals surface area contributed by atoms with Crippen LogP contribution in [0.4, 0.5) is 5.82 Å². The fourth-order valence-corrected chi connectivity index (χ4v) is 3.22. The number of pyridine rings is 1. The summed E-state index contributed by atoms with van der Waals surface area (Å²) >= 11 is 0.